The molecule has 0 amide bonds. The van der Waals surface area contributed by atoms with Gasteiger partial charge in [0.25, 0.3) is 0 Å². The maximum absolute atomic E-state index is 11.4. The van der Waals surface area contributed by atoms with E-state index in [1.165, 1.54) is 0 Å². The van der Waals surface area contributed by atoms with E-state index in [-0.39, 0.29) is 17.6 Å². The number of hydrogen-bond acceptors (Lipinski definition) is 4. The van der Waals surface area contributed by atoms with E-state index in [1.54, 1.807) is 21.1 Å². The zero-order chi connectivity index (χ0) is 11.2. The monoisotopic (exact) mass is 203 g/mol. The predicted octanol–water partition coefficient (Wildman–Crippen LogP) is 0.953. The molecule has 0 aliphatic heterocycles. The summed E-state index contributed by atoms with van der Waals surface area (Å²) in [6.45, 7) is 6.09. The Kier molecular flexibility index (Phi) is 5.72. The predicted molar refractivity (Wildman–Crippen MR) is 55.2 cm³/mol. The van der Waals surface area contributed by atoms with Gasteiger partial charge in [-0.15, -0.1) is 0 Å². The molecular formula is C10H21NO3. The molecule has 14 heavy (non-hydrogen) atoms. The lowest BCUT2D eigenvalue weighted by atomic mass is 9.99. The minimum absolute atomic E-state index is 0.222. The molecule has 1 N–H and O–H groups in total. The molecule has 0 radical (unpaired) electrons. The lowest BCUT2D eigenvalue weighted by Gasteiger charge is -2.27. The molecule has 0 bridgehead atoms. The van der Waals surface area contributed by atoms with Crippen LogP contribution in [0.25, 0.3) is 0 Å². The van der Waals surface area contributed by atoms with E-state index in [2.05, 4.69) is 5.32 Å². The van der Waals surface area contributed by atoms with E-state index in [4.69, 9.17) is 9.47 Å². The van der Waals surface area contributed by atoms with Crippen LogP contribution < -0.4 is 5.32 Å². The largest absolute Gasteiger partial charge is 0.465 e. The highest BCUT2D eigenvalue weighted by molar-refractivity contribution is 5.75. The quantitative estimate of drug-likeness (QED) is 0.653. The molecule has 0 aromatic rings. The maximum atomic E-state index is 11.4. The molecule has 1 atom stereocenters. The summed E-state index contributed by atoms with van der Waals surface area (Å²) in [7, 11) is 3.38. The second-order valence-electron chi connectivity index (χ2n) is 3.76. The van der Waals surface area contributed by atoms with Crippen molar-refractivity contribution in [2.24, 2.45) is 0 Å². The number of hydrogen-bond donors (Lipinski definition) is 1. The van der Waals surface area contributed by atoms with Crippen LogP contribution in [-0.4, -0.2) is 38.4 Å². The van der Waals surface area contributed by atoms with Gasteiger partial charge in [-0.2, -0.15) is 0 Å². The zero-order valence-corrected chi connectivity index (χ0v) is 9.72. The summed E-state index contributed by atoms with van der Waals surface area (Å²) in [5, 5.41) is 2.92. The van der Waals surface area contributed by atoms with E-state index in [1.807, 2.05) is 13.8 Å². The molecule has 0 saturated heterocycles. The molecule has 4 nitrogen and oxygen atoms in total. The van der Waals surface area contributed by atoms with Crippen molar-refractivity contribution in [1.82, 2.24) is 5.32 Å². The van der Waals surface area contributed by atoms with Gasteiger partial charge in [-0.3, -0.25) is 4.79 Å². The molecular weight excluding hydrogens is 182 g/mol. The van der Waals surface area contributed by atoms with Gasteiger partial charge >= 0.3 is 5.97 Å². The van der Waals surface area contributed by atoms with Crippen molar-refractivity contribution < 1.29 is 14.3 Å². The highest BCUT2D eigenvalue weighted by Gasteiger charge is 2.27. The second-order valence-corrected chi connectivity index (χ2v) is 3.76. The summed E-state index contributed by atoms with van der Waals surface area (Å²) in [6, 6.07) is -0.301. The van der Waals surface area contributed by atoms with Crippen molar-refractivity contribution >= 4 is 5.97 Å². The minimum atomic E-state index is -0.319. The summed E-state index contributed by atoms with van der Waals surface area (Å²) in [5.41, 5.74) is -0.319. The normalized spacial score (nSPS) is 13.8. The molecule has 0 aromatic carbocycles. The van der Waals surface area contributed by atoms with Crippen molar-refractivity contribution in [2.75, 3.05) is 20.8 Å². The summed E-state index contributed by atoms with van der Waals surface area (Å²) in [4.78, 5) is 11.4. The number of likely N-dealkylation sites (N-methyl/N-ethyl adjacent to an activating group) is 1. The average Bonchev–Trinajstić information content (AvgIpc) is 2.14. The van der Waals surface area contributed by atoms with Crippen LogP contribution in [-0.2, 0) is 14.3 Å². The van der Waals surface area contributed by atoms with Gasteiger partial charge < -0.3 is 14.8 Å². The lowest BCUT2D eigenvalue weighted by Crippen LogP contribution is -2.42. The fraction of sp³-hybridized carbons (Fsp3) is 0.900. The van der Waals surface area contributed by atoms with Gasteiger partial charge in [0.2, 0.25) is 0 Å². The number of carbonyl (C=O) groups is 1. The molecule has 0 saturated carbocycles. The van der Waals surface area contributed by atoms with Crippen molar-refractivity contribution in [3.63, 3.8) is 0 Å². The maximum Gasteiger partial charge on any atom is 0.323 e. The Balaban J connectivity index is 4.21. The Hall–Kier alpha value is -0.610. The first kappa shape index (κ1) is 13.4. The number of nitrogens with one attached hydrogen (secondary N) is 1. The van der Waals surface area contributed by atoms with E-state index in [0.717, 1.165) is 0 Å². The first-order valence-corrected chi connectivity index (χ1v) is 4.86. The van der Waals surface area contributed by atoms with Crippen LogP contribution in [0.4, 0.5) is 0 Å². The van der Waals surface area contributed by atoms with Gasteiger partial charge in [0, 0.05) is 13.5 Å². The van der Waals surface area contributed by atoms with Crippen molar-refractivity contribution in [3.05, 3.63) is 0 Å². The Labute approximate surface area is 86.0 Å². The standard InChI is InChI=1S/C10H21NO3/c1-6-14-9(12)8(11-4)7-10(2,3)13-5/h8,11H,6-7H2,1-5H3. The van der Waals surface area contributed by atoms with Gasteiger partial charge in [0.05, 0.1) is 12.2 Å². The topological polar surface area (TPSA) is 47.6 Å². The van der Waals surface area contributed by atoms with Crippen molar-refractivity contribution in [3.8, 4) is 0 Å². The molecule has 1 unspecified atom stereocenters. The van der Waals surface area contributed by atoms with Crippen LogP contribution in [0.3, 0.4) is 0 Å². The Bertz CT molecular complexity index is 180. The van der Waals surface area contributed by atoms with Crippen LogP contribution in [0.15, 0.2) is 0 Å². The van der Waals surface area contributed by atoms with Crippen LogP contribution >= 0.6 is 0 Å². The molecule has 0 heterocycles. The van der Waals surface area contributed by atoms with Gasteiger partial charge in [-0.25, -0.2) is 0 Å². The first-order valence-electron chi connectivity index (χ1n) is 4.86. The molecule has 84 valence electrons. The smallest absolute Gasteiger partial charge is 0.323 e. The van der Waals surface area contributed by atoms with E-state index < -0.39 is 0 Å². The van der Waals surface area contributed by atoms with Gasteiger partial charge in [0.15, 0.2) is 0 Å². The van der Waals surface area contributed by atoms with Gasteiger partial charge in [-0.1, -0.05) is 0 Å². The Morgan fingerprint density at radius 1 is 1.50 bits per heavy atom. The van der Waals surface area contributed by atoms with Crippen LogP contribution in [0, 0.1) is 0 Å². The number of esters is 1. The highest BCUT2D eigenvalue weighted by Crippen LogP contribution is 2.16. The molecule has 4 heteroatoms. The summed E-state index contributed by atoms with van der Waals surface area (Å²) in [5.74, 6) is -0.222. The number of rotatable bonds is 6. The number of methoxy groups -OCH3 is 1. The zero-order valence-electron chi connectivity index (χ0n) is 9.72. The van der Waals surface area contributed by atoms with Crippen LogP contribution in [0.5, 0.6) is 0 Å². The molecule has 0 aliphatic carbocycles. The molecule has 0 spiro atoms. The first-order chi connectivity index (χ1) is 6.46. The van der Waals surface area contributed by atoms with Gasteiger partial charge in [0.1, 0.15) is 6.04 Å². The third-order valence-corrected chi connectivity index (χ3v) is 2.17. The SMILES string of the molecule is CCOC(=O)C(CC(C)(C)OC)NC. The third kappa shape index (κ3) is 4.58. The molecule has 0 fully saturated rings. The van der Waals surface area contributed by atoms with Crippen LogP contribution in [0.2, 0.25) is 0 Å². The fourth-order valence-corrected chi connectivity index (χ4v) is 1.12. The minimum Gasteiger partial charge on any atom is -0.465 e. The van der Waals surface area contributed by atoms with E-state index in [0.29, 0.717) is 13.0 Å². The van der Waals surface area contributed by atoms with E-state index in [9.17, 15) is 4.79 Å². The average molecular weight is 203 g/mol. The molecule has 0 rings (SSSR count). The van der Waals surface area contributed by atoms with Gasteiger partial charge in [-0.05, 0) is 27.8 Å². The molecule has 0 aromatic heterocycles. The summed E-state index contributed by atoms with van der Waals surface area (Å²) < 4.78 is 10.2. The van der Waals surface area contributed by atoms with E-state index >= 15 is 0 Å². The summed E-state index contributed by atoms with van der Waals surface area (Å²) in [6.07, 6.45) is 0.596. The third-order valence-electron chi connectivity index (χ3n) is 2.17. The van der Waals surface area contributed by atoms with Crippen molar-refractivity contribution in [2.45, 2.75) is 38.8 Å². The second kappa shape index (κ2) is 5.98. The number of ether oxygens (including phenoxy) is 2. The highest BCUT2D eigenvalue weighted by atomic mass is 16.5. The Morgan fingerprint density at radius 3 is 2.43 bits per heavy atom. The summed E-state index contributed by atoms with van der Waals surface area (Å²) >= 11 is 0. The van der Waals surface area contributed by atoms with Crippen molar-refractivity contribution in [1.29, 1.82) is 0 Å². The van der Waals surface area contributed by atoms with Crippen LogP contribution in [0.1, 0.15) is 27.2 Å². The fourth-order valence-electron chi connectivity index (χ4n) is 1.12. The molecule has 0 aliphatic rings. The Morgan fingerprint density at radius 2 is 2.07 bits per heavy atom. The number of carbonyl (C=O) groups excluding carboxylic acids is 1. The lowest BCUT2D eigenvalue weighted by molar-refractivity contribution is -0.147.